The van der Waals surface area contributed by atoms with Gasteiger partial charge in [0.25, 0.3) is 0 Å². The topological polar surface area (TPSA) is 71.3 Å². The molecule has 1 unspecified atom stereocenters. The number of nitrogens with one attached hydrogen (secondary N) is 1. The number of anilines is 1. The van der Waals surface area contributed by atoms with Crippen molar-refractivity contribution in [3.05, 3.63) is 17.1 Å². The number of nitrogens with zero attached hydrogens (tertiary/aromatic N) is 3. The van der Waals surface area contributed by atoms with Gasteiger partial charge in [0, 0.05) is 24.7 Å². The minimum absolute atomic E-state index is 0.0398. The molecule has 1 saturated heterocycles. The first-order valence-electron chi connectivity index (χ1n) is 8.82. The van der Waals surface area contributed by atoms with Gasteiger partial charge < -0.3 is 14.6 Å². The fourth-order valence-electron chi connectivity index (χ4n) is 3.49. The largest absolute Gasteiger partial charge is 0.443 e. The fraction of sp³-hybridized carbons (Fsp3) is 0.611. The number of carbonyl (C=O) groups is 1. The van der Waals surface area contributed by atoms with E-state index < -0.39 is 0 Å². The number of hydrogen-bond acceptors (Lipinski definition) is 5. The number of fused-ring (bicyclic) bond motifs is 1. The molecule has 1 atom stereocenters. The summed E-state index contributed by atoms with van der Waals surface area (Å²) in [5.74, 6) is 2.74. The lowest BCUT2D eigenvalue weighted by Crippen LogP contribution is -2.44. The maximum absolute atomic E-state index is 12.4. The number of hydrogen-bond donors (Lipinski definition) is 1. The molecule has 1 aliphatic heterocycles. The molecule has 4 rings (SSSR count). The van der Waals surface area contributed by atoms with E-state index in [1.54, 1.807) is 0 Å². The molecule has 0 radical (unpaired) electrons. The highest BCUT2D eigenvalue weighted by Crippen LogP contribution is 2.33. The number of aryl methyl sites for hydroxylation is 3. The van der Waals surface area contributed by atoms with Gasteiger partial charge in [-0.05, 0) is 46.5 Å². The summed E-state index contributed by atoms with van der Waals surface area (Å²) in [6.45, 7) is 7.52. The zero-order valence-electron chi connectivity index (χ0n) is 14.6. The van der Waals surface area contributed by atoms with Gasteiger partial charge in [-0.2, -0.15) is 4.98 Å². The summed E-state index contributed by atoms with van der Waals surface area (Å²) < 4.78 is 5.79. The molecule has 1 aliphatic carbocycles. The van der Waals surface area contributed by atoms with E-state index in [0.717, 1.165) is 54.8 Å². The molecule has 2 aromatic rings. The zero-order valence-corrected chi connectivity index (χ0v) is 14.6. The Morgan fingerprint density at radius 1 is 1.21 bits per heavy atom. The second kappa shape index (κ2) is 5.76. The molecule has 2 aliphatic rings. The molecular formula is C18H24N4O2. The molecule has 1 amide bonds. The monoisotopic (exact) mass is 328 g/mol. The highest BCUT2D eigenvalue weighted by molar-refractivity contribution is 5.90. The van der Waals surface area contributed by atoms with E-state index in [0.29, 0.717) is 24.1 Å². The third-order valence-corrected chi connectivity index (χ3v) is 5.14. The number of piperidine rings is 1. The van der Waals surface area contributed by atoms with Crippen molar-refractivity contribution in [2.75, 3.05) is 18.0 Å². The molecule has 0 bridgehead atoms. The Hall–Kier alpha value is -2.11. The van der Waals surface area contributed by atoms with Crippen LogP contribution in [0.1, 0.15) is 42.8 Å². The standard InChI is InChI=1S/C18H24N4O2/c1-10-11(2)24-18-15(10)16(19-12(3)20-18)22-8-4-5-13(9-22)17(23)21-14-6-7-14/h13-14H,4-9H2,1-3H3,(H,21,23). The number of aromatic nitrogens is 2. The van der Waals surface area contributed by atoms with Gasteiger partial charge in [0.05, 0.1) is 11.3 Å². The molecule has 0 spiro atoms. The molecule has 3 heterocycles. The van der Waals surface area contributed by atoms with Crippen molar-refractivity contribution < 1.29 is 9.21 Å². The van der Waals surface area contributed by atoms with Gasteiger partial charge in [-0.25, -0.2) is 4.98 Å². The molecule has 2 fully saturated rings. The van der Waals surface area contributed by atoms with Crippen LogP contribution in [0.5, 0.6) is 0 Å². The van der Waals surface area contributed by atoms with E-state index in [4.69, 9.17) is 4.42 Å². The minimum Gasteiger partial charge on any atom is -0.443 e. The highest BCUT2D eigenvalue weighted by Gasteiger charge is 2.32. The Bertz CT molecular complexity index is 794. The summed E-state index contributed by atoms with van der Waals surface area (Å²) in [4.78, 5) is 23.8. The van der Waals surface area contributed by atoms with Crippen LogP contribution in [0.2, 0.25) is 0 Å². The third-order valence-electron chi connectivity index (χ3n) is 5.14. The average molecular weight is 328 g/mol. The summed E-state index contributed by atoms with van der Waals surface area (Å²) in [5.41, 5.74) is 1.74. The summed E-state index contributed by atoms with van der Waals surface area (Å²) >= 11 is 0. The summed E-state index contributed by atoms with van der Waals surface area (Å²) in [6, 6.07) is 0.416. The number of carbonyl (C=O) groups excluding carboxylic acids is 1. The second-order valence-electron chi connectivity index (χ2n) is 7.13. The first kappa shape index (κ1) is 15.4. The molecule has 128 valence electrons. The molecule has 6 heteroatoms. The normalized spacial score (nSPS) is 21.3. The van der Waals surface area contributed by atoms with Gasteiger partial charge >= 0.3 is 0 Å². The zero-order chi connectivity index (χ0) is 16.8. The van der Waals surface area contributed by atoms with Gasteiger partial charge in [-0.3, -0.25) is 4.79 Å². The van der Waals surface area contributed by atoms with Crippen molar-refractivity contribution in [1.82, 2.24) is 15.3 Å². The minimum atomic E-state index is 0.0398. The highest BCUT2D eigenvalue weighted by atomic mass is 16.3. The van der Waals surface area contributed by atoms with Crippen LogP contribution < -0.4 is 10.2 Å². The molecule has 1 saturated carbocycles. The Kier molecular flexibility index (Phi) is 3.70. The van der Waals surface area contributed by atoms with Gasteiger partial charge in [-0.1, -0.05) is 0 Å². The predicted octanol–water partition coefficient (Wildman–Crippen LogP) is 2.64. The second-order valence-corrected chi connectivity index (χ2v) is 7.13. The fourth-order valence-corrected chi connectivity index (χ4v) is 3.49. The summed E-state index contributed by atoms with van der Waals surface area (Å²) in [7, 11) is 0. The van der Waals surface area contributed by atoms with Crippen molar-refractivity contribution in [2.45, 2.75) is 52.5 Å². The van der Waals surface area contributed by atoms with Crippen LogP contribution in [-0.4, -0.2) is 35.0 Å². The van der Waals surface area contributed by atoms with Crippen LogP contribution in [0.3, 0.4) is 0 Å². The predicted molar refractivity (Wildman–Crippen MR) is 92.1 cm³/mol. The lowest BCUT2D eigenvalue weighted by Gasteiger charge is -2.33. The Labute approximate surface area is 141 Å². The first-order valence-corrected chi connectivity index (χ1v) is 8.82. The molecular weight excluding hydrogens is 304 g/mol. The van der Waals surface area contributed by atoms with E-state index in [2.05, 4.69) is 20.2 Å². The van der Waals surface area contributed by atoms with E-state index >= 15 is 0 Å². The van der Waals surface area contributed by atoms with Crippen molar-refractivity contribution in [2.24, 2.45) is 5.92 Å². The average Bonchev–Trinajstić information content (AvgIpc) is 3.33. The Morgan fingerprint density at radius 2 is 2.00 bits per heavy atom. The maximum atomic E-state index is 12.4. The van der Waals surface area contributed by atoms with Crippen molar-refractivity contribution in [3.8, 4) is 0 Å². The van der Waals surface area contributed by atoms with E-state index in [1.165, 1.54) is 0 Å². The maximum Gasteiger partial charge on any atom is 0.231 e. The lowest BCUT2D eigenvalue weighted by atomic mass is 9.96. The SMILES string of the molecule is Cc1nc(N2CCCC(C(=O)NC3CC3)C2)c2c(C)c(C)oc2n1. The van der Waals surface area contributed by atoms with E-state index in [-0.39, 0.29) is 11.8 Å². The van der Waals surface area contributed by atoms with Gasteiger partial charge in [0.2, 0.25) is 11.6 Å². The first-order chi connectivity index (χ1) is 11.5. The summed E-state index contributed by atoms with van der Waals surface area (Å²) in [6.07, 6.45) is 4.21. The Morgan fingerprint density at radius 3 is 2.75 bits per heavy atom. The molecule has 1 N–H and O–H groups in total. The van der Waals surface area contributed by atoms with Crippen molar-refractivity contribution >= 4 is 22.8 Å². The quantitative estimate of drug-likeness (QED) is 0.938. The lowest BCUT2D eigenvalue weighted by molar-refractivity contribution is -0.125. The number of rotatable bonds is 3. The molecule has 0 aromatic carbocycles. The molecule has 2 aromatic heterocycles. The van der Waals surface area contributed by atoms with Crippen LogP contribution in [0.4, 0.5) is 5.82 Å². The third kappa shape index (κ3) is 2.74. The van der Waals surface area contributed by atoms with Crippen LogP contribution in [0.25, 0.3) is 11.1 Å². The van der Waals surface area contributed by atoms with E-state index in [9.17, 15) is 4.79 Å². The van der Waals surface area contributed by atoms with Gasteiger partial charge in [-0.15, -0.1) is 0 Å². The van der Waals surface area contributed by atoms with Gasteiger partial charge in [0.1, 0.15) is 17.4 Å². The van der Waals surface area contributed by atoms with Gasteiger partial charge in [0.15, 0.2) is 0 Å². The van der Waals surface area contributed by atoms with Crippen LogP contribution in [0, 0.1) is 26.7 Å². The summed E-state index contributed by atoms with van der Waals surface area (Å²) in [5, 5.41) is 4.13. The molecule has 24 heavy (non-hydrogen) atoms. The Balaban J connectivity index is 1.65. The van der Waals surface area contributed by atoms with Crippen LogP contribution in [-0.2, 0) is 4.79 Å². The smallest absolute Gasteiger partial charge is 0.231 e. The van der Waals surface area contributed by atoms with Crippen molar-refractivity contribution in [3.63, 3.8) is 0 Å². The van der Waals surface area contributed by atoms with Crippen molar-refractivity contribution in [1.29, 1.82) is 0 Å². The van der Waals surface area contributed by atoms with Crippen LogP contribution in [0.15, 0.2) is 4.42 Å². The molecule has 6 nitrogen and oxygen atoms in total. The van der Waals surface area contributed by atoms with E-state index in [1.807, 2.05) is 20.8 Å². The number of amides is 1. The van der Waals surface area contributed by atoms with Crippen LogP contribution >= 0.6 is 0 Å². The number of furan rings is 1.